The van der Waals surface area contributed by atoms with Crippen molar-refractivity contribution in [2.45, 2.75) is 20.3 Å². The fraction of sp³-hybridized carbons (Fsp3) is 0.273. The molecule has 76 valence electrons. The molecule has 1 aromatic carbocycles. The molecule has 1 N–H and O–H groups in total. The molecule has 0 bridgehead atoms. The third kappa shape index (κ3) is 4.40. The number of carboxylic acid groups (broad SMARTS) is 1. The molecule has 1 rings (SSSR count). The van der Waals surface area contributed by atoms with E-state index in [1.807, 2.05) is 0 Å². The Kier molecular flexibility index (Phi) is 6.03. The molecule has 3 heteroatoms. The Morgan fingerprint density at radius 1 is 1.14 bits per heavy atom. The number of hydrogen-bond acceptors (Lipinski definition) is 2. The first-order valence-electron chi connectivity index (χ1n) is 4.46. The number of benzene rings is 1. The Morgan fingerprint density at radius 3 is 1.93 bits per heavy atom. The van der Waals surface area contributed by atoms with Crippen LogP contribution in [0.1, 0.15) is 30.6 Å². The maximum atomic E-state index is 10.7. The van der Waals surface area contributed by atoms with Crippen molar-refractivity contribution in [3.8, 4) is 0 Å². The maximum Gasteiger partial charge on any atom is 0.377 e. The van der Waals surface area contributed by atoms with Crippen LogP contribution in [0.3, 0.4) is 0 Å². The Hall–Kier alpha value is -1.64. The number of aliphatic carboxylic acids is 1. The van der Waals surface area contributed by atoms with E-state index in [1.54, 1.807) is 18.2 Å². The van der Waals surface area contributed by atoms with Crippen molar-refractivity contribution in [3.63, 3.8) is 0 Å². The van der Waals surface area contributed by atoms with Gasteiger partial charge in [-0.3, -0.25) is 4.79 Å². The predicted octanol–water partition coefficient (Wildman–Crippen LogP) is 2.37. The van der Waals surface area contributed by atoms with Crippen molar-refractivity contribution >= 4 is 11.8 Å². The third-order valence-corrected chi connectivity index (χ3v) is 1.23. The van der Waals surface area contributed by atoms with Crippen molar-refractivity contribution in [1.82, 2.24) is 0 Å². The minimum atomic E-state index is -1.42. The highest BCUT2D eigenvalue weighted by atomic mass is 16.4. The first-order valence-corrected chi connectivity index (χ1v) is 4.46. The number of ketones is 1. The number of rotatable bonds is 2. The Balaban J connectivity index is 0.000000500. The van der Waals surface area contributed by atoms with E-state index in [4.69, 9.17) is 5.11 Å². The van der Waals surface area contributed by atoms with Crippen LogP contribution >= 0.6 is 0 Å². The van der Waals surface area contributed by atoms with Gasteiger partial charge < -0.3 is 5.11 Å². The standard InChI is InChI=1S/C8H6O3.C3H8/c9-7(8(10)11)6-4-2-1-3-5-6;1-3-2/h1-5H,(H,10,11);3H2,1-2H3. The number of carbonyl (C=O) groups is 2. The summed E-state index contributed by atoms with van der Waals surface area (Å²) >= 11 is 0. The smallest absolute Gasteiger partial charge is 0.377 e. The van der Waals surface area contributed by atoms with E-state index in [0.29, 0.717) is 0 Å². The molecule has 0 spiro atoms. The average Bonchev–Trinajstić information content (AvgIpc) is 2.19. The predicted molar refractivity (Wildman–Crippen MR) is 54.4 cm³/mol. The number of Topliss-reactive ketones (excluding diaryl/α,β-unsaturated/α-hetero) is 1. The zero-order chi connectivity index (χ0) is 11.0. The second kappa shape index (κ2) is 6.83. The van der Waals surface area contributed by atoms with Gasteiger partial charge in [0.05, 0.1) is 0 Å². The van der Waals surface area contributed by atoms with E-state index in [-0.39, 0.29) is 5.56 Å². The lowest BCUT2D eigenvalue weighted by molar-refractivity contribution is -0.131. The summed E-state index contributed by atoms with van der Waals surface area (Å²) < 4.78 is 0. The van der Waals surface area contributed by atoms with Crippen molar-refractivity contribution in [2.24, 2.45) is 0 Å². The molecule has 0 aliphatic carbocycles. The molecule has 0 saturated carbocycles. The molecule has 0 amide bonds. The normalized spacial score (nSPS) is 8.43. The van der Waals surface area contributed by atoms with Crippen LogP contribution in [-0.2, 0) is 4.79 Å². The molecule has 0 atom stereocenters. The van der Waals surface area contributed by atoms with Gasteiger partial charge in [-0.05, 0) is 0 Å². The molecular formula is C11H14O3. The van der Waals surface area contributed by atoms with Crippen molar-refractivity contribution in [2.75, 3.05) is 0 Å². The van der Waals surface area contributed by atoms with Crippen LogP contribution in [0.5, 0.6) is 0 Å². The molecule has 1 aromatic rings. The van der Waals surface area contributed by atoms with Gasteiger partial charge >= 0.3 is 5.97 Å². The topological polar surface area (TPSA) is 54.4 Å². The summed E-state index contributed by atoms with van der Waals surface area (Å²) in [5.74, 6) is -2.29. The van der Waals surface area contributed by atoms with E-state index >= 15 is 0 Å². The van der Waals surface area contributed by atoms with Crippen LogP contribution in [0, 0.1) is 0 Å². The molecule has 0 aromatic heterocycles. The monoisotopic (exact) mass is 194 g/mol. The van der Waals surface area contributed by atoms with Gasteiger partial charge in [-0.15, -0.1) is 0 Å². The zero-order valence-electron chi connectivity index (χ0n) is 8.36. The van der Waals surface area contributed by atoms with Crippen molar-refractivity contribution in [3.05, 3.63) is 35.9 Å². The van der Waals surface area contributed by atoms with Crippen LogP contribution in [0.25, 0.3) is 0 Å². The summed E-state index contributed by atoms with van der Waals surface area (Å²) in [6.07, 6.45) is 1.25. The average molecular weight is 194 g/mol. The van der Waals surface area contributed by atoms with E-state index < -0.39 is 11.8 Å². The Bertz CT molecular complexity index is 291. The number of carboxylic acids is 1. The highest BCUT2D eigenvalue weighted by Crippen LogP contribution is 1.98. The quantitative estimate of drug-likeness (QED) is 0.580. The minimum Gasteiger partial charge on any atom is -0.475 e. The summed E-state index contributed by atoms with van der Waals surface area (Å²) in [6, 6.07) is 7.90. The lowest BCUT2D eigenvalue weighted by Gasteiger charge is -1.91. The highest BCUT2D eigenvalue weighted by molar-refractivity contribution is 6.39. The minimum absolute atomic E-state index is 0.208. The molecular weight excluding hydrogens is 180 g/mol. The Labute approximate surface area is 83.4 Å². The van der Waals surface area contributed by atoms with Gasteiger partial charge in [-0.25, -0.2) is 4.79 Å². The van der Waals surface area contributed by atoms with Crippen LogP contribution < -0.4 is 0 Å². The summed E-state index contributed by atoms with van der Waals surface area (Å²) in [5.41, 5.74) is 0.208. The molecule has 0 aliphatic heterocycles. The molecule has 0 radical (unpaired) electrons. The second-order valence-corrected chi connectivity index (χ2v) is 2.71. The van der Waals surface area contributed by atoms with Crippen molar-refractivity contribution in [1.29, 1.82) is 0 Å². The molecule has 0 aliphatic rings. The fourth-order valence-electron chi connectivity index (χ4n) is 0.713. The van der Waals surface area contributed by atoms with Crippen LogP contribution in [0.4, 0.5) is 0 Å². The second-order valence-electron chi connectivity index (χ2n) is 2.71. The first-order chi connectivity index (χ1) is 6.63. The summed E-state index contributed by atoms with van der Waals surface area (Å²) in [4.78, 5) is 20.9. The third-order valence-electron chi connectivity index (χ3n) is 1.23. The van der Waals surface area contributed by atoms with Gasteiger partial charge in [-0.2, -0.15) is 0 Å². The number of hydrogen-bond donors (Lipinski definition) is 1. The lowest BCUT2D eigenvalue weighted by atomic mass is 10.1. The van der Waals surface area contributed by atoms with Crippen molar-refractivity contribution < 1.29 is 14.7 Å². The number of carbonyl (C=O) groups excluding carboxylic acids is 1. The fourth-order valence-corrected chi connectivity index (χ4v) is 0.713. The van der Waals surface area contributed by atoms with Crippen LogP contribution in [0.2, 0.25) is 0 Å². The summed E-state index contributed by atoms with van der Waals surface area (Å²) in [7, 11) is 0. The molecule has 14 heavy (non-hydrogen) atoms. The van der Waals surface area contributed by atoms with Gasteiger partial charge in [0.15, 0.2) is 0 Å². The van der Waals surface area contributed by atoms with E-state index in [9.17, 15) is 9.59 Å². The largest absolute Gasteiger partial charge is 0.475 e. The van der Waals surface area contributed by atoms with Crippen LogP contribution in [-0.4, -0.2) is 16.9 Å². The van der Waals surface area contributed by atoms with Gasteiger partial charge in [0.1, 0.15) is 0 Å². The first kappa shape index (κ1) is 12.4. The lowest BCUT2D eigenvalue weighted by Crippen LogP contribution is -2.12. The molecule has 0 saturated heterocycles. The van der Waals surface area contributed by atoms with Gasteiger partial charge in [0.2, 0.25) is 0 Å². The molecule has 0 fully saturated rings. The zero-order valence-corrected chi connectivity index (χ0v) is 8.36. The van der Waals surface area contributed by atoms with Crippen LogP contribution in [0.15, 0.2) is 30.3 Å². The van der Waals surface area contributed by atoms with E-state index in [0.717, 1.165) is 0 Å². The maximum absolute atomic E-state index is 10.7. The summed E-state index contributed by atoms with van der Waals surface area (Å²) in [5, 5.41) is 8.29. The molecule has 0 unspecified atom stereocenters. The Morgan fingerprint density at radius 2 is 1.57 bits per heavy atom. The van der Waals surface area contributed by atoms with Gasteiger partial charge in [0, 0.05) is 5.56 Å². The van der Waals surface area contributed by atoms with E-state index in [1.165, 1.54) is 18.6 Å². The molecule has 3 nitrogen and oxygen atoms in total. The SMILES string of the molecule is CCC.O=C(O)C(=O)c1ccccc1. The molecule has 0 heterocycles. The summed E-state index contributed by atoms with van der Waals surface area (Å²) in [6.45, 7) is 4.25. The van der Waals surface area contributed by atoms with Gasteiger partial charge in [0.25, 0.3) is 5.78 Å². The van der Waals surface area contributed by atoms with Gasteiger partial charge in [-0.1, -0.05) is 50.6 Å². The van der Waals surface area contributed by atoms with E-state index in [2.05, 4.69) is 13.8 Å². The highest BCUT2D eigenvalue weighted by Gasteiger charge is 2.12.